The van der Waals surface area contributed by atoms with E-state index in [0.717, 1.165) is 5.56 Å². The van der Waals surface area contributed by atoms with Gasteiger partial charge in [0, 0.05) is 24.2 Å². The Balaban J connectivity index is 1.97. The topological polar surface area (TPSA) is 108 Å². The molecule has 4 aromatic heterocycles. The fraction of sp³-hybridized carbons (Fsp3) is 0.0667. The third-order valence-electron chi connectivity index (χ3n) is 3.49. The number of nitrogen functional groups attached to an aromatic ring is 1. The summed E-state index contributed by atoms with van der Waals surface area (Å²) in [6, 6.07) is 3.64. The van der Waals surface area contributed by atoms with E-state index in [2.05, 4.69) is 30.0 Å². The number of hydrogen-bond acceptors (Lipinski definition) is 7. The summed E-state index contributed by atoms with van der Waals surface area (Å²) in [5.74, 6) is 0.901. The Hall–Kier alpha value is -3.13. The highest BCUT2D eigenvalue weighted by atomic mass is 35.5. The van der Waals surface area contributed by atoms with Crippen molar-refractivity contribution in [2.45, 2.75) is 6.92 Å². The Bertz CT molecular complexity index is 1040. The predicted molar refractivity (Wildman–Crippen MR) is 89.2 cm³/mol. The summed E-state index contributed by atoms with van der Waals surface area (Å²) in [4.78, 5) is 20.7. The fourth-order valence-corrected chi connectivity index (χ4v) is 2.66. The van der Waals surface area contributed by atoms with Gasteiger partial charge in [0.2, 0.25) is 0 Å². The number of rotatable bonds is 2. The van der Waals surface area contributed by atoms with Crippen molar-refractivity contribution in [1.29, 1.82) is 0 Å². The summed E-state index contributed by atoms with van der Waals surface area (Å²) in [5.41, 5.74) is 9.20. The molecule has 4 aromatic rings. The highest BCUT2D eigenvalue weighted by Crippen LogP contribution is 2.31. The smallest absolute Gasteiger partial charge is 0.158 e. The van der Waals surface area contributed by atoms with Gasteiger partial charge in [-0.25, -0.2) is 29.4 Å². The minimum atomic E-state index is 0.281. The summed E-state index contributed by atoms with van der Waals surface area (Å²) in [6.45, 7) is 1.77. The minimum Gasteiger partial charge on any atom is -0.383 e. The maximum Gasteiger partial charge on any atom is 0.158 e. The normalized spacial score (nSPS) is 11.1. The maximum atomic E-state index is 6.30. The lowest BCUT2D eigenvalue weighted by Crippen LogP contribution is -2.02. The van der Waals surface area contributed by atoms with Gasteiger partial charge in [0.1, 0.15) is 23.7 Å². The second-order valence-corrected chi connectivity index (χ2v) is 5.44. The number of aromatic nitrogens is 7. The molecule has 118 valence electrons. The predicted octanol–water partition coefficient (Wildman–Crippen LogP) is 2.19. The number of imidazole rings is 1. The van der Waals surface area contributed by atoms with Crippen LogP contribution in [0.15, 0.2) is 37.1 Å². The molecule has 0 atom stereocenters. The van der Waals surface area contributed by atoms with Gasteiger partial charge in [-0.15, -0.1) is 0 Å². The van der Waals surface area contributed by atoms with Crippen LogP contribution in [-0.2, 0) is 0 Å². The number of hydrogen-bond donors (Lipinski definition) is 1. The standard InChI is InChI=1S/C15H11ClN8/c1-8-20-6-10(15(17)21-8)13-14(16)22-12-3-2-11(23-24(12)13)9-4-18-7-19-5-9/h2-7H,1H3,(H2,17,20,21). The monoisotopic (exact) mass is 338 g/mol. The molecule has 9 heteroatoms. The first-order chi connectivity index (χ1) is 11.6. The average Bonchev–Trinajstić information content (AvgIpc) is 2.91. The fourth-order valence-electron chi connectivity index (χ4n) is 2.39. The Morgan fingerprint density at radius 3 is 2.62 bits per heavy atom. The number of nitrogens with two attached hydrogens (primary N) is 1. The van der Waals surface area contributed by atoms with Crippen LogP contribution in [0.4, 0.5) is 5.82 Å². The summed E-state index contributed by atoms with van der Waals surface area (Å²) in [7, 11) is 0. The van der Waals surface area contributed by atoms with Gasteiger partial charge in [0.05, 0.1) is 11.3 Å². The van der Waals surface area contributed by atoms with Crippen molar-refractivity contribution in [3.05, 3.63) is 48.0 Å². The summed E-state index contributed by atoms with van der Waals surface area (Å²) in [5, 5.41) is 4.87. The molecule has 0 radical (unpaired) electrons. The Labute approximate surface area is 141 Å². The first-order valence-corrected chi connectivity index (χ1v) is 7.41. The lowest BCUT2D eigenvalue weighted by atomic mass is 10.2. The van der Waals surface area contributed by atoms with Gasteiger partial charge in [-0.2, -0.15) is 5.10 Å². The van der Waals surface area contributed by atoms with Crippen LogP contribution in [0.1, 0.15) is 5.82 Å². The zero-order chi connectivity index (χ0) is 16.7. The van der Waals surface area contributed by atoms with E-state index < -0.39 is 0 Å². The van der Waals surface area contributed by atoms with Crippen molar-refractivity contribution < 1.29 is 0 Å². The van der Waals surface area contributed by atoms with E-state index in [1.807, 2.05) is 12.1 Å². The van der Waals surface area contributed by atoms with Crippen LogP contribution < -0.4 is 5.73 Å². The SMILES string of the molecule is Cc1ncc(-c2c(Cl)nc3ccc(-c4cncnc4)nn23)c(N)n1. The molecule has 0 spiro atoms. The minimum absolute atomic E-state index is 0.281. The molecule has 0 aliphatic carbocycles. The van der Waals surface area contributed by atoms with E-state index in [4.69, 9.17) is 17.3 Å². The number of halogens is 1. The molecule has 24 heavy (non-hydrogen) atoms. The van der Waals surface area contributed by atoms with Gasteiger partial charge >= 0.3 is 0 Å². The molecule has 0 saturated carbocycles. The molecule has 0 fully saturated rings. The highest BCUT2D eigenvalue weighted by Gasteiger charge is 2.18. The van der Waals surface area contributed by atoms with Gasteiger partial charge in [0.25, 0.3) is 0 Å². The molecule has 8 nitrogen and oxygen atoms in total. The number of fused-ring (bicyclic) bond motifs is 1. The molecule has 0 amide bonds. The van der Waals surface area contributed by atoms with Crippen LogP contribution in [0.5, 0.6) is 0 Å². The zero-order valence-corrected chi connectivity index (χ0v) is 13.3. The first kappa shape index (κ1) is 14.5. The van der Waals surface area contributed by atoms with E-state index >= 15 is 0 Å². The summed E-state index contributed by atoms with van der Waals surface area (Å²) in [6.07, 6.45) is 6.45. The van der Waals surface area contributed by atoms with Gasteiger partial charge in [-0.1, -0.05) is 11.6 Å². The van der Waals surface area contributed by atoms with Crippen LogP contribution in [0.3, 0.4) is 0 Å². The molecular formula is C15H11ClN8. The van der Waals surface area contributed by atoms with E-state index in [9.17, 15) is 0 Å². The number of aryl methyl sites for hydroxylation is 1. The van der Waals surface area contributed by atoms with Crippen LogP contribution in [0, 0.1) is 6.92 Å². The Kier molecular flexibility index (Phi) is 3.31. The first-order valence-electron chi connectivity index (χ1n) is 7.03. The summed E-state index contributed by atoms with van der Waals surface area (Å²) < 4.78 is 1.62. The van der Waals surface area contributed by atoms with Crippen molar-refractivity contribution in [2.24, 2.45) is 0 Å². The molecule has 2 N–H and O–H groups in total. The Morgan fingerprint density at radius 2 is 1.88 bits per heavy atom. The van der Waals surface area contributed by atoms with E-state index in [-0.39, 0.29) is 5.15 Å². The van der Waals surface area contributed by atoms with Crippen molar-refractivity contribution in [3.63, 3.8) is 0 Å². The largest absolute Gasteiger partial charge is 0.383 e. The molecule has 0 unspecified atom stereocenters. The van der Waals surface area contributed by atoms with Gasteiger partial charge in [-0.3, -0.25) is 0 Å². The molecule has 4 heterocycles. The van der Waals surface area contributed by atoms with Gasteiger partial charge in [-0.05, 0) is 19.1 Å². The quantitative estimate of drug-likeness (QED) is 0.596. The zero-order valence-electron chi connectivity index (χ0n) is 12.5. The highest BCUT2D eigenvalue weighted by molar-refractivity contribution is 6.32. The second-order valence-electron chi connectivity index (χ2n) is 5.08. The number of anilines is 1. The van der Waals surface area contributed by atoms with Crippen LogP contribution in [0.2, 0.25) is 5.15 Å². The van der Waals surface area contributed by atoms with Gasteiger partial charge < -0.3 is 5.73 Å². The third-order valence-corrected chi connectivity index (χ3v) is 3.75. The molecule has 0 aliphatic heterocycles. The van der Waals surface area contributed by atoms with Crippen molar-refractivity contribution >= 4 is 23.1 Å². The van der Waals surface area contributed by atoms with Gasteiger partial charge in [0.15, 0.2) is 10.8 Å². The lowest BCUT2D eigenvalue weighted by molar-refractivity contribution is 0.942. The van der Waals surface area contributed by atoms with Crippen molar-refractivity contribution in [3.8, 4) is 22.5 Å². The third kappa shape index (κ3) is 2.33. The molecule has 0 bridgehead atoms. The average molecular weight is 339 g/mol. The molecular weight excluding hydrogens is 328 g/mol. The van der Waals surface area contributed by atoms with Crippen LogP contribution in [0.25, 0.3) is 28.2 Å². The van der Waals surface area contributed by atoms with Crippen molar-refractivity contribution in [2.75, 3.05) is 5.73 Å². The van der Waals surface area contributed by atoms with Crippen LogP contribution in [-0.4, -0.2) is 34.5 Å². The van der Waals surface area contributed by atoms with Crippen LogP contribution >= 0.6 is 11.6 Å². The second kappa shape index (κ2) is 5.50. The maximum absolute atomic E-state index is 6.30. The van der Waals surface area contributed by atoms with E-state index in [0.29, 0.717) is 34.2 Å². The molecule has 4 rings (SSSR count). The Morgan fingerprint density at radius 1 is 1.08 bits per heavy atom. The molecule has 0 aromatic carbocycles. The lowest BCUT2D eigenvalue weighted by Gasteiger charge is -2.06. The van der Waals surface area contributed by atoms with Crippen molar-refractivity contribution in [1.82, 2.24) is 34.5 Å². The van der Waals surface area contributed by atoms with E-state index in [1.54, 1.807) is 30.0 Å². The molecule has 0 aliphatic rings. The molecule has 0 saturated heterocycles. The van der Waals surface area contributed by atoms with E-state index in [1.165, 1.54) is 6.33 Å². The number of nitrogens with zero attached hydrogens (tertiary/aromatic N) is 7. The summed E-state index contributed by atoms with van der Waals surface area (Å²) >= 11 is 6.30.